The van der Waals surface area contributed by atoms with Crippen LogP contribution in [0.3, 0.4) is 0 Å². The van der Waals surface area contributed by atoms with E-state index in [1.54, 1.807) is 0 Å². The highest BCUT2D eigenvalue weighted by Gasteiger charge is 1.97. The van der Waals surface area contributed by atoms with E-state index in [1.165, 1.54) is 0 Å². The minimum Gasteiger partial charge on any atom is -0.736 e. The van der Waals surface area contributed by atoms with Gasteiger partial charge < -0.3 is 17.4 Å². The smallest absolute Gasteiger partial charge is 0.275 e. The Balaban J connectivity index is 3.26. The largest absolute Gasteiger partial charge is 0.736 e. The van der Waals surface area contributed by atoms with Crippen LogP contribution in [0.2, 0.25) is 0 Å². The Morgan fingerprint density at radius 1 is 1.67 bits per heavy atom. The average molecular weight is 111 g/mol. The van der Waals surface area contributed by atoms with Gasteiger partial charge in [0.05, 0.1) is 5.12 Å². The lowest BCUT2D eigenvalue weighted by Crippen LogP contribution is -2.03. The number of rotatable bonds is 1. The lowest BCUT2D eigenvalue weighted by atomic mass is 10.8. The van der Waals surface area contributed by atoms with E-state index in [9.17, 15) is 13.6 Å². The molecule has 0 aromatic rings. The zero-order chi connectivity index (χ0) is 5.15. The van der Waals surface area contributed by atoms with E-state index in [1.807, 2.05) is 0 Å². The minimum absolute atomic E-state index is 1.49. The summed E-state index contributed by atoms with van der Waals surface area (Å²) in [5.41, 5.74) is 0. The maximum Gasteiger partial charge on any atom is 0.275 e. The molecule has 6 heavy (non-hydrogen) atoms. The fraction of sp³-hybridized carbons (Fsp3) is 0.500. The van der Waals surface area contributed by atoms with E-state index in [2.05, 4.69) is 12.6 Å². The average Bonchev–Trinajstić information content (AvgIpc) is 1.36. The van der Waals surface area contributed by atoms with Crippen molar-refractivity contribution in [2.75, 3.05) is 0 Å². The van der Waals surface area contributed by atoms with Crippen LogP contribution in [-0.2, 0) is 17.4 Å². The number of carbonyl (C=O) groups excluding carboxylic acids is 1. The Kier molecular flexibility index (Phi) is 1.94. The highest BCUT2D eigenvalue weighted by Crippen LogP contribution is 1.89. The maximum atomic E-state index is 10.7. The molecule has 0 heterocycles. The second-order valence-corrected chi connectivity index (χ2v) is 1.02. The monoisotopic (exact) mass is 111 g/mol. The fourth-order valence-corrected chi connectivity index (χ4v) is 0. The molecule has 0 saturated heterocycles. The van der Waals surface area contributed by atoms with Crippen molar-refractivity contribution in [3.05, 3.63) is 0 Å². The Morgan fingerprint density at radius 3 is 1.83 bits per heavy atom. The molecule has 0 fully saturated rings. The predicted octanol–water partition coefficient (Wildman–Crippen LogP) is 0.325. The summed E-state index contributed by atoms with van der Waals surface area (Å²) < 4.78 is 21.4. The van der Waals surface area contributed by atoms with Gasteiger partial charge >= 0.3 is 0 Å². The van der Waals surface area contributed by atoms with Crippen LogP contribution in [0.1, 0.15) is 0 Å². The topological polar surface area (TPSA) is 17.1 Å². The molecule has 0 aliphatic carbocycles. The SMILES string of the molecule is O=C([S-])C(F)F. The van der Waals surface area contributed by atoms with Gasteiger partial charge in [-0.25, -0.2) is 8.78 Å². The number of halogens is 2. The van der Waals surface area contributed by atoms with Gasteiger partial charge in [0.25, 0.3) is 6.43 Å². The Morgan fingerprint density at radius 2 is 1.83 bits per heavy atom. The van der Waals surface area contributed by atoms with Crippen molar-refractivity contribution in [2.24, 2.45) is 0 Å². The first kappa shape index (κ1) is 5.75. The zero-order valence-corrected chi connectivity index (χ0v) is 3.47. The molecular formula is C2HF2OS-. The van der Waals surface area contributed by atoms with E-state index in [0.717, 1.165) is 0 Å². The summed E-state index contributed by atoms with van der Waals surface area (Å²) >= 11 is 3.51. The first-order chi connectivity index (χ1) is 2.64. The molecule has 0 radical (unpaired) electrons. The quantitative estimate of drug-likeness (QED) is 0.453. The van der Waals surface area contributed by atoms with E-state index in [-0.39, 0.29) is 0 Å². The van der Waals surface area contributed by atoms with Crippen molar-refractivity contribution in [1.82, 2.24) is 0 Å². The first-order valence-electron chi connectivity index (χ1n) is 1.13. The molecule has 0 rings (SSSR count). The zero-order valence-electron chi connectivity index (χ0n) is 2.65. The summed E-state index contributed by atoms with van der Waals surface area (Å²) in [5, 5.41) is -1.49. The molecule has 36 valence electrons. The van der Waals surface area contributed by atoms with Crippen LogP contribution in [-0.4, -0.2) is 11.5 Å². The molecule has 4 heteroatoms. The van der Waals surface area contributed by atoms with Crippen LogP contribution in [0.15, 0.2) is 0 Å². The third kappa shape index (κ3) is 2.02. The van der Waals surface area contributed by atoms with Crippen LogP contribution in [0.5, 0.6) is 0 Å². The Labute approximate surface area is 38.8 Å². The van der Waals surface area contributed by atoms with Crippen molar-refractivity contribution < 1.29 is 13.6 Å². The van der Waals surface area contributed by atoms with Gasteiger partial charge in [-0.2, -0.15) is 0 Å². The van der Waals surface area contributed by atoms with Gasteiger partial charge in [-0.1, -0.05) is 0 Å². The molecule has 0 N–H and O–H groups in total. The van der Waals surface area contributed by atoms with Crippen molar-refractivity contribution in [1.29, 1.82) is 0 Å². The lowest BCUT2D eigenvalue weighted by Gasteiger charge is -1.96. The number of carbonyl (C=O) groups is 1. The van der Waals surface area contributed by atoms with Gasteiger partial charge in [-0.15, -0.1) is 0 Å². The molecule has 0 aromatic heterocycles. The number of alkyl halides is 2. The summed E-state index contributed by atoms with van der Waals surface area (Å²) in [5.74, 6) is 0. The van der Waals surface area contributed by atoms with Crippen molar-refractivity contribution in [3.8, 4) is 0 Å². The number of hydrogen-bond acceptors (Lipinski definition) is 2. The Bertz CT molecular complexity index is 62.6. The molecule has 0 atom stereocenters. The summed E-state index contributed by atoms with van der Waals surface area (Å²) in [6.45, 7) is 0. The van der Waals surface area contributed by atoms with Gasteiger partial charge in [-0.3, -0.25) is 0 Å². The highest BCUT2D eigenvalue weighted by molar-refractivity contribution is 7.77. The molecular weight excluding hydrogens is 110 g/mol. The predicted molar refractivity (Wildman–Crippen MR) is 18.4 cm³/mol. The van der Waals surface area contributed by atoms with E-state index in [4.69, 9.17) is 0 Å². The lowest BCUT2D eigenvalue weighted by molar-refractivity contribution is -0.120. The van der Waals surface area contributed by atoms with Crippen LogP contribution in [0.25, 0.3) is 0 Å². The van der Waals surface area contributed by atoms with Crippen molar-refractivity contribution >= 4 is 17.7 Å². The second kappa shape index (κ2) is 2.02. The second-order valence-electron chi connectivity index (χ2n) is 0.620. The highest BCUT2D eigenvalue weighted by atomic mass is 32.1. The van der Waals surface area contributed by atoms with Crippen molar-refractivity contribution in [3.63, 3.8) is 0 Å². The summed E-state index contributed by atoms with van der Waals surface area (Å²) in [6.07, 6.45) is -2.97. The molecule has 0 amide bonds. The third-order valence-corrected chi connectivity index (χ3v) is 0.356. The number of hydrogen-bond donors (Lipinski definition) is 0. The van der Waals surface area contributed by atoms with Crippen molar-refractivity contribution in [2.45, 2.75) is 6.43 Å². The standard InChI is InChI=1S/C2H2F2OS/c3-1(4)2(5)6/h1H,(H,5,6)/p-1. The van der Waals surface area contributed by atoms with E-state index in [0.29, 0.717) is 0 Å². The third-order valence-electron chi connectivity index (χ3n) is 0.178. The molecule has 1 nitrogen and oxygen atoms in total. The normalized spacial score (nSPS) is 9.17. The molecule has 0 spiro atoms. The first-order valence-corrected chi connectivity index (χ1v) is 1.54. The Hall–Kier alpha value is -0.250. The van der Waals surface area contributed by atoms with Crippen LogP contribution < -0.4 is 0 Å². The summed E-state index contributed by atoms with van der Waals surface area (Å²) in [6, 6.07) is 0. The van der Waals surface area contributed by atoms with Gasteiger partial charge in [-0.05, 0) is 0 Å². The van der Waals surface area contributed by atoms with Crippen LogP contribution >= 0.6 is 0 Å². The molecule has 0 aliphatic rings. The maximum absolute atomic E-state index is 10.7. The molecule has 0 bridgehead atoms. The molecule has 0 aromatic carbocycles. The van der Waals surface area contributed by atoms with E-state index < -0.39 is 11.5 Å². The molecule has 0 aliphatic heterocycles. The molecule has 0 unspecified atom stereocenters. The summed E-state index contributed by atoms with van der Waals surface area (Å²) in [7, 11) is 0. The van der Waals surface area contributed by atoms with E-state index >= 15 is 0 Å². The molecule has 0 saturated carbocycles. The van der Waals surface area contributed by atoms with Gasteiger partial charge in [0.1, 0.15) is 0 Å². The summed E-state index contributed by atoms with van der Waals surface area (Å²) in [4.78, 5) is 9.21. The van der Waals surface area contributed by atoms with Crippen LogP contribution in [0.4, 0.5) is 8.78 Å². The van der Waals surface area contributed by atoms with Gasteiger partial charge in [0.2, 0.25) is 0 Å². The fourth-order valence-electron chi connectivity index (χ4n) is 0. The van der Waals surface area contributed by atoms with Gasteiger partial charge in [0.15, 0.2) is 0 Å². The van der Waals surface area contributed by atoms with Crippen LogP contribution in [0, 0.1) is 0 Å². The minimum atomic E-state index is -2.97. The van der Waals surface area contributed by atoms with Gasteiger partial charge in [0, 0.05) is 0 Å².